The van der Waals surface area contributed by atoms with Gasteiger partial charge in [-0.05, 0) is 32.2 Å². The highest BCUT2D eigenvalue weighted by molar-refractivity contribution is 5.00. The largest absolute Gasteiger partial charge is 0.311 e. The number of piperazine rings is 1. The van der Waals surface area contributed by atoms with Crippen LogP contribution in [0.2, 0.25) is 0 Å². The molecule has 0 amide bonds. The van der Waals surface area contributed by atoms with Gasteiger partial charge in [-0.15, -0.1) is 0 Å². The number of nitrogens with one attached hydrogen (secondary N) is 1. The number of hydrogen-bond acceptors (Lipinski definition) is 2. The summed E-state index contributed by atoms with van der Waals surface area (Å²) in [5.41, 5.74) is 0.526. The van der Waals surface area contributed by atoms with Gasteiger partial charge in [-0.2, -0.15) is 0 Å². The fourth-order valence-corrected chi connectivity index (χ4v) is 3.81. The Morgan fingerprint density at radius 3 is 2.53 bits per heavy atom. The SMILES string of the molecule is CCCC1CN(CCC)C2(CCCCC2)CN1. The molecule has 1 heterocycles. The highest BCUT2D eigenvalue weighted by Gasteiger charge is 2.41. The first-order valence-electron chi connectivity index (χ1n) is 7.79. The van der Waals surface area contributed by atoms with Crippen molar-refractivity contribution in [3.05, 3.63) is 0 Å². The first-order valence-corrected chi connectivity index (χ1v) is 7.79. The summed E-state index contributed by atoms with van der Waals surface area (Å²) >= 11 is 0. The van der Waals surface area contributed by atoms with E-state index in [1.54, 1.807) is 0 Å². The third-order valence-corrected chi connectivity index (χ3v) is 4.75. The molecule has 2 aliphatic rings. The van der Waals surface area contributed by atoms with Crippen LogP contribution in [0.3, 0.4) is 0 Å². The van der Waals surface area contributed by atoms with E-state index in [0.29, 0.717) is 5.54 Å². The molecule has 0 radical (unpaired) electrons. The quantitative estimate of drug-likeness (QED) is 0.809. The van der Waals surface area contributed by atoms with Gasteiger partial charge >= 0.3 is 0 Å². The average molecular weight is 238 g/mol. The summed E-state index contributed by atoms with van der Waals surface area (Å²) in [6.45, 7) is 8.48. The molecule has 2 nitrogen and oxygen atoms in total. The van der Waals surface area contributed by atoms with Crippen LogP contribution in [0.1, 0.15) is 65.2 Å². The molecule has 2 heteroatoms. The Hall–Kier alpha value is -0.0800. The zero-order chi connectivity index (χ0) is 12.1. The Balaban J connectivity index is 2.00. The van der Waals surface area contributed by atoms with E-state index in [-0.39, 0.29) is 0 Å². The van der Waals surface area contributed by atoms with Gasteiger partial charge in [-0.1, -0.05) is 39.5 Å². The van der Waals surface area contributed by atoms with Crippen molar-refractivity contribution in [2.24, 2.45) is 0 Å². The van der Waals surface area contributed by atoms with E-state index >= 15 is 0 Å². The van der Waals surface area contributed by atoms with Crippen LogP contribution in [0, 0.1) is 0 Å². The predicted molar refractivity (Wildman–Crippen MR) is 74.4 cm³/mol. The van der Waals surface area contributed by atoms with Gasteiger partial charge in [0.25, 0.3) is 0 Å². The highest BCUT2D eigenvalue weighted by atomic mass is 15.3. The molecule has 2 fully saturated rings. The van der Waals surface area contributed by atoms with Crippen LogP contribution in [0.4, 0.5) is 0 Å². The number of hydrogen-bond donors (Lipinski definition) is 1. The second-order valence-electron chi connectivity index (χ2n) is 6.10. The number of nitrogens with zero attached hydrogens (tertiary/aromatic N) is 1. The fourth-order valence-electron chi connectivity index (χ4n) is 3.81. The van der Waals surface area contributed by atoms with Gasteiger partial charge in [0.05, 0.1) is 0 Å². The van der Waals surface area contributed by atoms with Crippen molar-refractivity contribution in [1.82, 2.24) is 10.2 Å². The summed E-state index contributed by atoms with van der Waals surface area (Å²) in [5.74, 6) is 0. The van der Waals surface area contributed by atoms with E-state index in [0.717, 1.165) is 6.04 Å². The van der Waals surface area contributed by atoms with Gasteiger partial charge in [-0.3, -0.25) is 4.90 Å². The molecule has 1 atom stereocenters. The second-order valence-corrected chi connectivity index (χ2v) is 6.10. The molecule has 1 saturated carbocycles. The van der Waals surface area contributed by atoms with Crippen molar-refractivity contribution in [1.29, 1.82) is 0 Å². The van der Waals surface area contributed by atoms with Crippen molar-refractivity contribution >= 4 is 0 Å². The molecule has 1 unspecified atom stereocenters. The molecule has 1 spiro atoms. The van der Waals surface area contributed by atoms with Crippen molar-refractivity contribution in [2.75, 3.05) is 19.6 Å². The van der Waals surface area contributed by atoms with Crippen molar-refractivity contribution in [3.8, 4) is 0 Å². The minimum atomic E-state index is 0.526. The lowest BCUT2D eigenvalue weighted by atomic mass is 9.78. The monoisotopic (exact) mass is 238 g/mol. The smallest absolute Gasteiger partial charge is 0.0334 e. The van der Waals surface area contributed by atoms with E-state index < -0.39 is 0 Å². The minimum Gasteiger partial charge on any atom is -0.311 e. The molecule has 100 valence electrons. The lowest BCUT2D eigenvalue weighted by molar-refractivity contribution is 0.00856. The molecular weight excluding hydrogens is 208 g/mol. The first-order chi connectivity index (χ1) is 8.30. The molecular formula is C15H30N2. The molecule has 17 heavy (non-hydrogen) atoms. The normalized spacial score (nSPS) is 29.6. The van der Waals surface area contributed by atoms with Crippen LogP contribution >= 0.6 is 0 Å². The zero-order valence-electron chi connectivity index (χ0n) is 11.8. The summed E-state index contributed by atoms with van der Waals surface area (Å²) in [5, 5.41) is 3.83. The van der Waals surface area contributed by atoms with Crippen LogP contribution < -0.4 is 5.32 Å². The van der Waals surface area contributed by atoms with E-state index in [1.807, 2.05) is 0 Å². The van der Waals surface area contributed by atoms with E-state index in [2.05, 4.69) is 24.1 Å². The van der Waals surface area contributed by atoms with Gasteiger partial charge in [-0.25, -0.2) is 0 Å². The molecule has 0 aromatic rings. The summed E-state index contributed by atoms with van der Waals surface area (Å²) in [6, 6.07) is 0.749. The van der Waals surface area contributed by atoms with Crippen LogP contribution in [0.5, 0.6) is 0 Å². The topological polar surface area (TPSA) is 15.3 Å². The number of rotatable bonds is 4. The minimum absolute atomic E-state index is 0.526. The Bertz CT molecular complexity index is 221. The van der Waals surface area contributed by atoms with Gasteiger partial charge in [0.15, 0.2) is 0 Å². The van der Waals surface area contributed by atoms with Crippen molar-refractivity contribution in [3.63, 3.8) is 0 Å². The summed E-state index contributed by atoms with van der Waals surface area (Å²) < 4.78 is 0. The highest BCUT2D eigenvalue weighted by Crippen LogP contribution is 2.35. The maximum absolute atomic E-state index is 3.83. The molecule has 1 saturated heterocycles. The van der Waals surface area contributed by atoms with Crippen LogP contribution in [-0.2, 0) is 0 Å². The van der Waals surface area contributed by atoms with Crippen LogP contribution in [0.25, 0.3) is 0 Å². The molecule has 0 bridgehead atoms. The average Bonchev–Trinajstić information content (AvgIpc) is 2.36. The molecule has 1 N–H and O–H groups in total. The van der Waals surface area contributed by atoms with E-state index in [1.165, 1.54) is 71.0 Å². The maximum Gasteiger partial charge on any atom is 0.0334 e. The molecule has 1 aliphatic heterocycles. The van der Waals surface area contributed by atoms with Gasteiger partial charge in [0, 0.05) is 24.7 Å². The zero-order valence-corrected chi connectivity index (χ0v) is 11.8. The molecule has 0 aromatic heterocycles. The van der Waals surface area contributed by atoms with E-state index in [9.17, 15) is 0 Å². The molecule has 2 rings (SSSR count). The van der Waals surface area contributed by atoms with Crippen LogP contribution in [0.15, 0.2) is 0 Å². The fraction of sp³-hybridized carbons (Fsp3) is 1.00. The Morgan fingerprint density at radius 2 is 1.88 bits per heavy atom. The molecule has 0 aromatic carbocycles. The van der Waals surface area contributed by atoms with Gasteiger partial charge in [0.2, 0.25) is 0 Å². The van der Waals surface area contributed by atoms with Crippen molar-refractivity contribution in [2.45, 2.75) is 76.8 Å². The Kier molecular flexibility index (Phi) is 4.87. The molecule has 1 aliphatic carbocycles. The summed E-state index contributed by atoms with van der Waals surface area (Å²) in [7, 11) is 0. The van der Waals surface area contributed by atoms with E-state index in [4.69, 9.17) is 0 Å². The third-order valence-electron chi connectivity index (χ3n) is 4.75. The first kappa shape index (κ1) is 13.4. The lowest BCUT2D eigenvalue weighted by Crippen LogP contribution is -2.65. The van der Waals surface area contributed by atoms with Gasteiger partial charge in [0.1, 0.15) is 0 Å². The Morgan fingerprint density at radius 1 is 1.12 bits per heavy atom. The second kappa shape index (κ2) is 6.19. The predicted octanol–water partition coefficient (Wildman–Crippen LogP) is 3.17. The lowest BCUT2D eigenvalue weighted by Gasteiger charge is -2.52. The maximum atomic E-state index is 3.83. The van der Waals surface area contributed by atoms with Gasteiger partial charge < -0.3 is 5.32 Å². The van der Waals surface area contributed by atoms with Crippen molar-refractivity contribution < 1.29 is 0 Å². The summed E-state index contributed by atoms with van der Waals surface area (Å²) in [6.07, 6.45) is 11.2. The Labute approximate surface area is 107 Å². The third kappa shape index (κ3) is 3.03. The summed E-state index contributed by atoms with van der Waals surface area (Å²) in [4.78, 5) is 2.84. The standard InChI is InChI=1S/C15H30N2/c1-3-8-14-12-17(11-4-2)15(13-16-14)9-6-5-7-10-15/h14,16H,3-13H2,1-2H3. The van der Waals surface area contributed by atoms with Crippen LogP contribution in [-0.4, -0.2) is 36.1 Å².